The highest BCUT2D eigenvalue weighted by atomic mass is 32.2. The first-order chi connectivity index (χ1) is 9.00. The zero-order valence-corrected chi connectivity index (χ0v) is 12.1. The van der Waals surface area contributed by atoms with Crippen LogP contribution in [-0.2, 0) is 9.84 Å². The maximum absolute atomic E-state index is 12.3. The molecule has 2 heterocycles. The lowest BCUT2D eigenvalue weighted by atomic mass is 10.0. The largest absolute Gasteiger partial charge is 0.396 e. The standard InChI is InChI=1S/C13H21N3O2S/c1-16-8-3-2-4-11(16)6-9-19(17,18)13-5-7-15-10-12(13)14/h5,7,10-11H,2-4,6,8-9,14H2,1H3. The Hall–Kier alpha value is -1.14. The number of sulfone groups is 1. The van der Waals surface area contributed by atoms with Gasteiger partial charge in [0, 0.05) is 12.2 Å². The molecule has 1 unspecified atom stereocenters. The lowest BCUT2D eigenvalue weighted by molar-refractivity contribution is 0.181. The number of likely N-dealkylation sites (tertiary alicyclic amines) is 1. The molecule has 0 amide bonds. The molecule has 0 aromatic carbocycles. The zero-order chi connectivity index (χ0) is 13.9. The number of nitrogens with two attached hydrogens (primary N) is 1. The third kappa shape index (κ3) is 3.45. The van der Waals surface area contributed by atoms with E-state index in [9.17, 15) is 8.42 Å². The van der Waals surface area contributed by atoms with Crippen LogP contribution in [0, 0.1) is 0 Å². The molecule has 6 heteroatoms. The molecule has 19 heavy (non-hydrogen) atoms. The van der Waals surface area contributed by atoms with Gasteiger partial charge in [0.1, 0.15) is 0 Å². The molecule has 1 saturated heterocycles. The molecule has 0 bridgehead atoms. The van der Waals surface area contributed by atoms with E-state index in [2.05, 4.69) is 16.9 Å². The summed E-state index contributed by atoms with van der Waals surface area (Å²) >= 11 is 0. The van der Waals surface area contributed by atoms with Crippen LogP contribution in [0.2, 0.25) is 0 Å². The minimum atomic E-state index is -3.31. The molecule has 2 rings (SSSR count). The van der Waals surface area contributed by atoms with Crippen molar-refractivity contribution in [3.8, 4) is 0 Å². The Bertz CT molecular complexity index is 530. The number of hydrogen-bond acceptors (Lipinski definition) is 5. The van der Waals surface area contributed by atoms with Gasteiger partial charge in [-0.15, -0.1) is 0 Å². The van der Waals surface area contributed by atoms with Crippen LogP contribution in [0.15, 0.2) is 23.4 Å². The van der Waals surface area contributed by atoms with Crippen molar-refractivity contribution in [2.24, 2.45) is 0 Å². The molecule has 2 N–H and O–H groups in total. The summed E-state index contributed by atoms with van der Waals surface area (Å²) in [6.45, 7) is 1.06. The van der Waals surface area contributed by atoms with Crippen molar-refractivity contribution < 1.29 is 8.42 Å². The third-order valence-electron chi connectivity index (χ3n) is 3.79. The smallest absolute Gasteiger partial charge is 0.180 e. The Kier molecular flexibility index (Phi) is 4.42. The minimum absolute atomic E-state index is 0.149. The van der Waals surface area contributed by atoms with Gasteiger partial charge in [-0.05, 0) is 38.9 Å². The maximum Gasteiger partial charge on any atom is 0.180 e. The number of nitrogen functional groups attached to an aromatic ring is 1. The Labute approximate surface area is 114 Å². The summed E-state index contributed by atoms with van der Waals surface area (Å²) in [6.07, 6.45) is 7.00. The van der Waals surface area contributed by atoms with Gasteiger partial charge in [-0.2, -0.15) is 0 Å². The van der Waals surface area contributed by atoms with E-state index in [1.807, 2.05) is 0 Å². The first-order valence-electron chi connectivity index (χ1n) is 6.63. The van der Waals surface area contributed by atoms with Crippen LogP contribution < -0.4 is 5.73 Å². The first kappa shape index (κ1) is 14.3. The van der Waals surface area contributed by atoms with Crippen LogP contribution in [0.25, 0.3) is 0 Å². The van der Waals surface area contributed by atoms with Crippen molar-refractivity contribution in [1.82, 2.24) is 9.88 Å². The monoisotopic (exact) mass is 283 g/mol. The topological polar surface area (TPSA) is 76.3 Å². The van der Waals surface area contributed by atoms with Crippen molar-refractivity contribution in [3.63, 3.8) is 0 Å². The van der Waals surface area contributed by atoms with Crippen LogP contribution in [0.3, 0.4) is 0 Å². The molecular weight excluding hydrogens is 262 g/mol. The van der Waals surface area contributed by atoms with Gasteiger partial charge in [0.05, 0.1) is 22.5 Å². The highest BCUT2D eigenvalue weighted by Crippen LogP contribution is 2.22. The molecule has 0 spiro atoms. The normalized spacial score (nSPS) is 21.4. The summed E-state index contributed by atoms with van der Waals surface area (Å²) < 4.78 is 24.6. The van der Waals surface area contributed by atoms with Crippen molar-refractivity contribution in [1.29, 1.82) is 0 Å². The molecule has 1 aliphatic heterocycles. The molecule has 1 aromatic heterocycles. The molecule has 1 fully saturated rings. The molecular formula is C13H21N3O2S. The van der Waals surface area contributed by atoms with Gasteiger partial charge >= 0.3 is 0 Å². The molecule has 0 saturated carbocycles. The van der Waals surface area contributed by atoms with E-state index in [4.69, 9.17) is 5.73 Å². The van der Waals surface area contributed by atoms with E-state index < -0.39 is 9.84 Å². The summed E-state index contributed by atoms with van der Waals surface area (Å²) in [6, 6.07) is 1.85. The van der Waals surface area contributed by atoms with Crippen LogP contribution in [-0.4, -0.2) is 43.7 Å². The second kappa shape index (κ2) is 5.88. The number of hydrogen-bond donors (Lipinski definition) is 1. The second-order valence-electron chi connectivity index (χ2n) is 5.15. The predicted molar refractivity (Wildman–Crippen MR) is 75.6 cm³/mol. The van der Waals surface area contributed by atoms with Gasteiger partial charge in [0.2, 0.25) is 0 Å². The zero-order valence-electron chi connectivity index (χ0n) is 11.2. The molecule has 0 radical (unpaired) electrons. The average Bonchev–Trinajstić information content (AvgIpc) is 2.38. The summed E-state index contributed by atoms with van der Waals surface area (Å²) in [4.78, 5) is 6.29. The lowest BCUT2D eigenvalue weighted by Crippen LogP contribution is -2.37. The highest BCUT2D eigenvalue weighted by molar-refractivity contribution is 7.91. The average molecular weight is 283 g/mol. The van der Waals surface area contributed by atoms with Crippen LogP contribution in [0.5, 0.6) is 0 Å². The summed E-state index contributed by atoms with van der Waals surface area (Å²) in [5, 5.41) is 0. The summed E-state index contributed by atoms with van der Waals surface area (Å²) in [5.74, 6) is 0.149. The molecule has 5 nitrogen and oxygen atoms in total. The molecule has 1 atom stereocenters. The second-order valence-corrected chi connectivity index (χ2v) is 7.23. The lowest BCUT2D eigenvalue weighted by Gasteiger charge is -2.32. The predicted octanol–water partition coefficient (Wildman–Crippen LogP) is 1.31. The highest BCUT2D eigenvalue weighted by Gasteiger charge is 2.23. The Morgan fingerprint density at radius 3 is 2.95 bits per heavy atom. The number of piperidine rings is 1. The fraction of sp³-hybridized carbons (Fsp3) is 0.615. The van der Waals surface area contributed by atoms with Crippen molar-refractivity contribution in [2.45, 2.75) is 36.6 Å². The summed E-state index contributed by atoms with van der Waals surface area (Å²) in [7, 11) is -1.24. The van der Waals surface area contributed by atoms with E-state index in [0.29, 0.717) is 12.5 Å². The fourth-order valence-electron chi connectivity index (χ4n) is 2.59. The van der Waals surface area contributed by atoms with Crippen LogP contribution in [0.4, 0.5) is 5.69 Å². The Balaban J connectivity index is 2.04. The third-order valence-corrected chi connectivity index (χ3v) is 5.60. The number of anilines is 1. The van der Waals surface area contributed by atoms with Gasteiger partial charge in [0.25, 0.3) is 0 Å². The Morgan fingerprint density at radius 1 is 1.47 bits per heavy atom. The molecule has 106 valence electrons. The van der Waals surface area contributed by atoms with Gasteiger partial charge in [-0.1, -0.05) is 6.42 Å². The number of rotatable bonds is 4. The quantitative estimate of drug-likeness (QED) is 0.901. The summed E-state index contributed by atoms with van der Waals surface area (Å²) in [5.41, 5.74) is 5.93. The van der Waals surface area contributed by atoms with Crippen molar-refractivity contribution in [2.75, 3.05) is 25.1 Å². The van der Waals surface area contributed by atoms with E-state index in [0.717, 1.165) is 13.0 Å². The van der Waals surface area contributed by atoms with Crippen LogP contribution >= 0.6 is 0 Å². The SMILES string of the molecule is CN1CCCCC1CCS(=O)(=O)c1ccncc1N. The molecule has 1 aromatic rings. The van der Waals surface area contributed by atoms with E-state index >= 15 is 0 Å². The number of nitrogens with zero attached hydrogens (tertiary/aromatic N) is 2. The van der Waals surface area contributed by atoms with Crippen LogP contribution in [0.1, 0.15) is 25.7 Å². The number of aromatic nitrogens is 1. The van der Waals surface area contributed by atoms with Gasteiger partial charge in [-0.25, -0.2) is 8.42 Å². The maximum atomic E-state index is 12.3. The van der Waals surface area contributed by atoms with E-state index in [1.54, 1.807) is 0 Å². The number of pyridine rings is 1. The van der Waals surface area contributed by atoms with E-state index in [1.165, 1.54) is 31.3 Å². The molecule has 1 aliphatic rings. The Morgan fingerprint density at radius 2 is 2.26 bits per heavy atom. The van der Waals surface area contributed by atoms with Gasteiger partial charge < -0.3 is 10.6 Å². The first-order valence-corrected chi connectivity index (χ1v) is 8.28. The van der Waals surface area contributed by atoms with E-state index in [-0.39, 0.29) is 16.3 Å². The van der Waals surface area contributed by atoms with Crippen molar-refractivity contribution in [3.05, 3.63) is 18.5 Å². The molecule has 0 aliphatic carbocycles. The van der Waals surface area contributed by atoms with Gasteiger partial charge in [-0.3, -0.25) is 4.98 Å². The minimum Gasteiger partial charge on any atom is -0.396 e. The van der Waals surface area contributed by atoms with Gasteiger partial charge in [0.15, 0.2) is 9.84 Å². The van der Waals surface area contributed by atoms with Crippen molar-refractivity contribution >= 4 is 15.5 Å². The fourth-order valence-corrected chi connectivity index (χ4v) is 4.07.